The van der Waals surface area contributed by atoms with Crippen LogP contribution in [0.5, 0.6) is 0 Å². The van der Waals surface area contributed by atoms with E-state index in [2.05, 4.69) is 27.4 Å². The van der Waals surface area contributed by atoms with Crippen molar-refractivity contribution >= 4 is 0 Å². The second kappa shape index (κ2) is 4.78. The Morgan fingerprint density at radius 3 is 2.00 bits per heavy atom. The van der Waals surface area contributed by atoms with Gasteiger partial charge in [-0.25, -0.2) is 0 Å². The molecule has 1 atom stereocenters. The normalized spacial score (nSPS) is 38.1. The van der Waals surface area contributed by atoms with E-state index in [1.54, 1.807) is 5.57 Å². The van der Waals surface area contributed by atoms with Crippen LogP contribution in [0.25, 0.3) is 0 Å². The molecule has 0 heterocycles. The van der Waals surface area contributed by atoms with E-state index in [-0.39, 0.29) is 0 Å². The minimum absolute atomic E-state index is 0.561. The summed E-state index contributed by atoms with van der Waals surface area (Å²) in [4.78, 5) is 0. The highest BCUT2D eigenvalue weighted by molar-refractivity contribution is 5.17. The molecule has 3 aliphatic carbocycles. The molecule has 3 rings (SSSR count). The maximum atomic E-state index is 4.42. The maximum Gasteiger partial charge on any atom is -0.00901 e. The maximum absolute atomic E-state index is 4.42. The Bertz CT molecular complexity index is 262. The van der Waals surface area contributed by atoms with Crippen molar-refractivity contribution in [1.82, 2.24) is 0 Å². The zero-order valence-corrected chi connectivity index (χ0v) is 12.1. The lowest BCUT2D eigenvalue weighted by atomic mass is 9.48. The first-order valence-electron chi connectivity index (χ1n) is 7.77. The molecule has 0 saturated heterocycles. The van der Waals surface area contributed by atoms with Gasteiger partial charge in [-0.3, -0.25) is 0 Å². The Kier molecular flexibility index (Phi) is 3.71. The predicted molar refractivity (Wildman–Crippen MR) is 76.1 cm³/mol. The zero-order valence-electron chi connectivity index (χ0n) is 12.1. The third-order valence-corrected chi connectivity index (χ3v) is 6.26. The van der Waals surface area contributed by atoms with Crippen molar-refractivity contribution in [2.24, 2.45) is 16.7 Å². The fourth-order valence-electron chi connectivity index (χ4n) is 4.48. The molecule has 0 spiro atoms. The number of fused-ring (bicyclic) bond motifs is 3. The van der Waals surface area contributed by atoms with E-state index in [1.165, 1.54) is 57.8 Å². The van der Waals surface area contributed by atoms with Crippen LogP contribution in [0.1, 0.15) is 78.6 Å². The molecule has 0 N–H and O–H groups in total. The van der Waals surface area contributed by atoms with Gasteiger partial charge in [0.25, 0.3) is 0 Å². The average Bonchev–Trinajstić information content (AvgIpc) is 2.40. The minimum atomic E-state index is 0.561. The standard InChI is InChI=1S/C17H30/c1-5-7-15(4)17-11-8-16(9-12-17,10-13-17)14(3)6-2/h14H,4-13H2,1-3H3. The summed E-state index contributed by atoms with van der Waals surface area (Å²) >= 11 is 0. The Labute approximate surface area is 108 Å². The van der Waals surface area contributed by atoms with Crippen LogP contribution in [-0.2, 0) is 0 Å². The van der Waals surface area contributed by atoms with E-state index >= 15 is 0 Å². The molecular formula is C17H30. The topological polar surface area (TPSA) is 0 Å². The summed E-state index contributed by atoms with van der Waals surface area (Å²) in [5, 5.41) is 0. The molecule has 0 aliphatic heterocycles. The van der Waals surface area contributed by atoms with Gasteiger partial charge < -0.3 is 0 Å². The van der Waals surface area contributed by atoms with Crippen LogP contribution in [0.3, 0.4) is 0 Å². The average molecular weight is 234 g/mol. The number of hydrogen-bond acceptors (Lipinski definition) is 0. The summed E-state index contributed by atoms with van der Waals surface area (Å²) in [5.41, 5.74) is 2.85. The highest BCUT2D eigenvalue weighted by atomic mass is 14.6. The van der Waals surface area contributed by atoms with Gasteiger partial charge in [-0.1, -0.05) is 45.8 Å². The molecule has 0 heteroatoms. The quantitative estimate of drug-likeness (QED) is 0.533. The summed E-state index contributed by atoms with van der Waals surface area (Å²) in [6, 6.07) is 0. The Hall–Kier alpha value is -0.260. The number of rotatable bonds is 5. The molecule has 3 saturated carbocycles. The van der Waals surface area contributed by atoms with Gasteiger partial charge in [0, 0.05) is 0 Å². The molecular weight excluding hydrogens is 204 g/mol. The van der Waals surface area contributed by atoms with Crippen LogP contribution >= 0.6 is 0 Å². The summed E-state index contributed by atoms with van der Waals surface area (Å²) in [6.07, 6.45) is 12.7. The molecule has 2 bridgehead atoms. The Morgan fingerprint density at radius 2 is 1.59 bits per heavy atom. The molecule has 17 heavy (non-hydrogen) atoms. The van der Waals surface area contributed by atoms with Crippen LogP contribution in [0, 0.1) is 16.7 Å². The van der Waals surface area contributed by atoms with Crippen LogP contribution in [0.15, 0.2) is 12.2 Å². The van der Waals surface area contributed by atoms with Gasteiger partial charge in [0.1, 0.15) is 0 Å². The second-order valence-electron chi connectivity index (χ2n) is 6.81. The minimum Gasteiger partial charge on any atom is -0.0993 e. The zero-order chi connectivity index (χ0) is 12.5. The largest absolute Gasteiger partial charge is 0.0993 e. The lowest BCUT2D eigenvalue weighted by molar-refractivity contribution is -0.0267. The monoisotopic (exact) mass is 234 g/mol. The third-order valence-electron chi connectivity index (χ3n) is 6.26. The van der Waals surface area contributed by atoms with Crippen LogP contribution in [-0.4, -0.2) is 0 Å². The molecule has 3 fully saturated rings. The van der Waals surface area contributed by atoms with Gasteiger partial charge in [0.05, 0.1) is 0 Å². The van der Waals surface area contributed by atoms with E-state index < -0.39 is 0 Å². The van der Waals surface area contributed by atoms with Gasteiger partial charge in [-0.2, -0.15) is 0 Å². The van der Waals surface area contributed by atoms with Crippen LogP contribution in [0.4, 0.5) is 0 Å². The van der Waals surface area contributed by atoms with Crippen molar-refractivity contribution in [3.8, 4) is 0 Å². The third kappa shape index (κ3) is 2.09. The van der Waals surface area contributed by atoms with E-state index in [9.17, 15) is 0 Å². The number of allylic oxidation sites excluding steroid dienone is 1. The second-order valence-corrected chi connectivity index (χ2v) is 6.81. The van der Waals surface area contributed by atoms with Crippen LogP contribution in [0.2, 0.25) is 0 Å². The smallest absolute Gasteiger partial charge is 0.00901 e. The van der Waals surface area contributed by atoms with E-state index in [0.29, 0.717) is 10.8 Å². The SMILES string of the molecule is C=C(CCC)C12CCC(C(C)CC)(CC1)CC2. The first kappa shape index (κ1) is 13.2. The first-order chi connectivity index (χ1) is 8.08. The van der Waals surface area contributed by atoms with Crippen molar-refractivity contribution in [3.63, 3.8) is 0 Å². The lowest BCUT2D eigenvalue weighted by Gasteiger charge is -2.57. The van der Waals surface area contributed by atoms with Gasteiger partial charge in [0.2, 0.25) is 0 Å². The molecule has 0 aromatic heterocycles. The van der Waals surface area contributed by atoms with Gasteiger partial charge in [-0.05, 0) is 61.7 Å². The van der Waals surface area contributed by atoms with Crippen LogP contribution < -0.4 is 0 Å². The highest BCUT2D eigenvalue weighted by Gasteiger charge is 2.50. The van der Waals surface area contributed by atoms with Gasteiger partial charge >= 0.3 is 0 Å². The number of hydrogen-bond donors (Lipinski definition) is 0. The molecule has 0 aromatic carbocycles. The molecule has 0 radical (unpaired) electrons. The molecule has 0 nitrogen and oxygen atoms in total. The van der Waals surface area contributed by atoms with Gasteiger partial charge in [0.15, 0.2) is 0 Å². The summed E-state index contributed by atoms with van der Waals surface area (Å²) < 4.78 is 0. The van der Waals surface area contributed by atoms with E-state index in [4.69, 9.17) is 0 Å². The lowest BCUT2D eigenvalue weighted by Crippen LogP contribution is -2.45. The Balaban J connectivity index is 2.07. The van der Waals surface area contributed by atoms with Gasteiger partial charge in [-0.15, -0.1) is 0 Å². The fourth-order valence-corrected chi connectivity index (χ4v) is 4.48. The van der Waals surface area contributed by atoms with E-state index in [0.717, 1.165) is 5.92 Å². The van der Waals surface area contributed by atoms with Crippen molar-refractivity contribution in [3.05, 3.63) is 12.2 Å². The summed E-state index contributed by atoms with van der Waals surface area (Å²) in [7, 11) is 0. The molecule has 3 aliphatic rings. The summed E-state index contributed by atoms with van der Waals surface area (Å²) in [6.45, 7) is 11.6. The Morgan fingerprint density at radius 1 is 1.06 bits per heavy atom. The predicted octanol–water partition coefficient (Wildman–Crippen LogP) is 5.73. The molecule has 1 unspecified atom stereocenters. The molecule has 0 aromatic rings. The van der Waals surface area contributed by atoms with E-state index in [1.807, 2.05) is 0 Å². The fraction of sp³-hybridized carbons (Fsp3) is 0.882. The van der Waals surface area contributed by atoms with Crippen molar-refractivity contribution < 1.29 is 0 Å². The highest BCUT2D eigenvalue weighted by Crippen LogP contribution is 2.62. The first-order valence-corrected chi connectivity index (χ1v) is 7.77. The van der Waals surface area contributed by atoms with Crippen molar-refractivity contribution in [2.45, 2.75) is 78.6 Å². The molecule has 98 valence electrons. The van der Waals surface area contributed by atoms with Crippen molar-refractivity contribution in [2.75, 3.05) is 0 Å². The summed E-state index contributed by atoms with van der Waals surface area (Å²) in [5.74, 6) is 0.931. The van der Waals surface area contributed by atoms with Crippen molar-refractivity contribution in [1.29, 1.82) is 0 Å². The molecule has 0 amide bonds.